The molecule has 0 aromatic heterocycles. The summed E-state index contributed by atoms with van der Waals surface area (Å²) in [7, 11) is 0. The van der Waals surface area contributed by atoms with Crippen LogP contribution in [0.4, 0.5) is 11.4 Å². The normalized spacial score (nSPS) is 8.59. The van der Waals surface area contributed by atoms with Crippen molar-refractivity contribution in [3.05, 3.63) is 28.3 Å². The molecule has 0 saturated heterocycles. The van der Waals surface area contributed by atoms with Crippen LogP contribution in [0.2, 0.25) is 0 Å². The summed E-state index contributed by atoms with van der Waals surface area (Å²) < 4.78 is 0. The zero-order valence-electron chi connectivity index (χ0n) is 8.28. The van der Waals surface area contributed by atoms with E-state index in [1.165, 1.54) is 12.1 Å². The lowest BCUT2D eigenvalue weighted by Gasteiger charge is -2.02. The smallest absolute Gasteiger partial charge is 0.271 e. The Balaban J connectivity index is 3.04. The number of nitrogens with zero attached hydrogens (tertiary/aromatic N) is 4. The molecule has 8 nitrogen and oxygen atoms in total. The summed E-state index contributed by atoms with van der Waals surface area (Å²) in [4.78, 5) is 9.82. The molecule has 0 radical (unpaired) electrons. The van der Waals surface area contributed by atoms with Crippen molar-refractivity contribution in [2.75, 3.05) is 5.43 Å². The molecule has 0 aliphatic rings. The van der Waals surface area contributed by atoms with Crippen LogP contribution in [0.15, 0.2) is 23.3 Å². The summed E-state index contributed by atoms with van der Waals surface area (Å²) in [5.74, 6) is -0.283. The minimum atomic E-state index is -0.649. The molecule has 84 valence electrons. The van der Waals surface area contributed by atoms with Crippen LogP contribution >= 0.6 is 0 Å². The van der Waals surface area contributed by atoms with Crippen LogP contribution in [0.1, 0.15) is 0 Å². The van der Waals surface area contributed by atoms with Crippen molar-refractivity contribution in [2.45, 2.75) is 0 Å². The summed E-state index contributed by atoms with van der Waals surface area (Å²) >= 11 is 0. The Morgan fingerprint density at radius 2 is 2.12 bits per heavy atom. The Labute approximate surface area is 95.2 Å². The van der Waals surface area contributed by atoms with Crippen molar-refractivity contribution in [3.63, 3.8) is 0 Å². The second-order valence-corrected chi connectivity index (χ2v) is 2.75. The minimum absolute atomic E-state index is 0.0674. The molecule has 0 saturated carbocycles. The molecule has 0 aliphatic carbocycles. The lowest BCUT2D eigenvalue weighted by atomic mass is 10.2. The van der Waals surface area contributed by atoms with E-state index in [4.69, 9.17) is 10.5 Å². The summed E-state index contributed by atoms with van der Waals surface area (Å²) in [5, 5.41) is 40.0. The number of rotatable bonds is 3. The lowest BCUT2D eigenvalue weighted by Crippen LogP contribution is -1.97. The van der Waals surface area contributed by atoms with Crippen LogP contribution < -0.4 is 5.43 Å². The van der Waals surface area contributed by atoms with Crippen molar-refractivity contribution in [3.8, 4) is 17.9 Å². The van der Waals surface area contributed by atoms with E-state index in [0.717, 1.165) is 18.2 Å². The lowest BCUT2D eigenvalue weighted by molar-refractivity contribution is -0.384. The molecule has 0 aliphatic heterocycles. The van der Waals surface area contributed by atoms with Crippen LogP contribution in [0.5, 0.6) is 5.75 Å². The molecule has 1 aromatic carbocycles. The van der Waals surface area contributed by atoms with Gasteiger partial charge in [0.1, 0.15) is 23.6 Å². The maximum absolute atomic E-state index is 10.5. The first-order valence-electron chi connectivity index (χ1n) is 4.19. The van der Waals surface area contributed by atoms with Gasteiger partial charge < -0.3 is 5.11 Å². The van der Waals surface area contributed by atoms with E-state index in [-0.39, 0.29) is 17.1 Å². The van der Waals surface area contributed by atoms with Crippen LogP contribution in [0, 0.1) is 32.8 Å². The summed E-state index contributed by atoms with van der Waals surface area (Å²) in [5.41, 5.74) is 1.42. The third-order valence-corrected chi connectivity index (χ3v) is 1.69. The van der Waals surface area contributed by atoms with Crippen LogP contribution in [-0.2, 0) is 0 Å². The van der Waals surface area contributed by atoms with Gasteiger partial charge in [-0.25, -0.2) is 0 Å². The van der Waals surface area contributed by atoms with E-state index in [2.05, 4.69) is 10.5 Å². The molecule has 0 atom stereocenters. The van der Waals surface area contributed by atoms with E-state index in [0.29, 0.717) is 0 Å². The van der Waals surface area contributed by atoms with E-state index in [1.54, 1.807) is 0 Å². The molecule has 0 fully saturated rings. The monoisotopic (exact) mass is 231 g/mol. The predicted octanol–water partition coefficient (Wildman–Crippen LogP) is 1.12. The highest BCUT2D eigenvalue weighted by Crippen LogP contribution is 2.27. The fourth-order valence-corrected chi connectivity index (χ4v) is 0.918. The van der Waals surface area contributed by atoms with Gasteiger partial charge in [-0.1, -0.05) is 0 Å². The second kappa shape index (κ2) is 5.09. The fourth-order valence-electron chi connectivity index (χ4n) is 0.918. The highest BCUT2D eigenvalue weighted by molar-refractivity contribution is 6.10. The number of aromatic hydroxyl groups is 1. The van der Waals surface area contributed by atoms with E-state index >= 15 is 0 Å². The highest BCUT2D eigenvalue weighted by atomic mass is 16.6. The summed E-state index contributed by atoms with van der Waals surface area (Å²) in [6.07, 6.45) is 0. The Kier molecular flexibility index (Phi) is 3.58. The minimum Gasteiger partial charge on any atom is -0.506 e. The van der Waals surface area contributed by atoms with Gasteiger partial charge in [-0.3, -0.25) is 15.5 Å². The molecule has 1 aromatic rings. The number of nitrogens with one attached hydrogen (secondary N) is 1. The predicted molar refractivity (Wildman–Crippen MR) is 57.0 cm³/mol. The number of nitriles is 2. The first kappa shape index (κ1) is 11.9. The molecular formula is C9H5N5O3. The number of nitro benzene ring substituents is 1. The first-order chi connectivity index (χ1) is 8.08. The van der Waals surface area contributed by atoms with Gasteiger partial charge >= 0.3 is 0 Å². The quantitative estimate of drug-likeness (QED) is 0.346. The number of anilines is 1. The van der Waals surface area contributed by atoms with Gasteiger partial charge in [0.2, 0.25) is 5.71 Å². The Hall–Kier alpha value is -3.13. The van der Waals surface area contributed by atoms with E-state index in [1.807, 2.05) is 0 Å². The Morgan fingerprint density at radius 3 is 2.65 bits per heavy atom. The molecular weight excluding hydrogens is 226 g/mol. The topological polar surface area (TPSA) is 135 Å². The van der Waals surface area contributed by atoms with Crippen LogP contribution in [0.25, 0.3) is 0 Å². The third-order valence-electron chi connectivity index (χ3n) is 1.69. The molecule has 2 N–H and O–H groups in total. The molecule has 0 bridgehead atoms. The first-order valence-corrected chi connectivity index (χ1v) is 4.19. The van der Waals surface area contributed by atoms with Crippen molar-refractivity contribution in [2.24, 2.45) is 5.10 Å². The van der Waals surface area contributed by atoms with Crippen molar-refractivity contribution in [1.82, 2.24) is 0 Å². The Bertz CT molecular complexity index is 551. The van der Waals surface area contributed by atoms with Crippen LogP contribution in [0.3, 0.4) is 0 Å². The van der Waals surface area contributed by atoms with Gasteiger partial charge in [0.15, 0.2) is 0 Å². The largest absolute Gasteiger partial charge is 0.506 e. The van der Waals surface area contributed by atoms with Gasteiger partial charge in [-0.15, -0.1) is 0 Å². The number of non-ortho nitro benzene ring substituents is 1. The average molecular weight is 231 g/mol. The summed E-state index contributed by atoms with van der Waals surface area (Å²) in [6, 6.07) is 6.23. The van der Waals surface area contributed by atoms with Gasteiger partial charge in [0.25, 0.3) is 5.69 Å². The fraction of sp³-hybridized carbons (Fsp3) is 0. The van der Waals surface area contributed by atoms with Gasteiger partial charge in [0, 0.05) is 12.1 Å². The second-order valence-electron chi connectivity index (χ2n) is 2.75. The molecule has 0 spiro atoms. The number of nitro groups is 1. The van der Waals surface area contributed by atoms with Crippen molar-refractivity contribution < 1.29 is 10.0 Å². The van der Waals surface area contributed by atoms with E-state index < -0.39 is 10.6 Å². The van der Waals surface area contributed by atoms with Gasteiger partial charge in [0.05, 0.1) is 4.92 Å². The molecule has 0 unspecified atom stereocenters. The maximum Gasteiger partial charge on any atom is 0.271 e. The van der Waals surface area contributed by atoms with E-state index in [9.17, 15) is 15.2 Å². The Morgan fingerprint density at radius 1 is 1.47 bits per heavy atom. The van der Waals surface area contributed by atoms with Gasteiger partial charge in [-0.2, -0.15) is 15.6 Å². The zero-order chi connectivity index (χ0) is 12.8. The number of benzene rings is 1. The molecule has 1 rings (SSSR count). The third kappa shape index (κ3) is 2.91. The number of hydrogen-bond acceptors (Lipinski definition) is 7. The number of hydrogen-bond donors (Lipinski definition) is 2. The summed E-state index contributed by atoms with van der Waals surface area (Å²) in [6.45, 7) is 0. The van der Waals surface area contributed by atoms with Crippen molar-refractivity contribution in [1.29, 1.82) is 10.5 Å². The van der Waals surface area contributed by atoms with Crippen LogP contribution in [-0.4, -0.2) is 15.7 Å². The number of hydrazone groups is 1. The molecule has 0 heterocycles. The highest BCUT2D eigenvalue weighted by Gasteiger charge is 2.09. The van der Waals surface area contributed by atoms with Crippen molar-refractivity contribution >= 4 is 17.1 Å². The zero-order valence-corrected chi connectivity index (χ0v) is 8.28. The average Bonchev–Trinajstić information content (AvgIpc) is 2.32. The SMILES string of the molecule is N#CC(C#N)=NNc1cc([N+](=O)[O-])ccc1O. The molecule has 0 amide bonds. The number of phenols is 1. The standard InChI is InChI=1S/C9H5N5O3/c10-4-6(5-11)12-13-8-3-7(14(16)17)1-2-9(8)15/h1-3,13,15H. The maximum atomic E-state index is 10.5. The van der Waals surface area contributed by atoms with Gasteiger partial charge in [-0.05, 0) is 6.07 Å². The molecule has 8 heteroatoms. The molecule has 17 heavy (non-hydrogen) atoms. The number of phenolic OH excluding ortho intramolecular Hbond substituents is 1.